The maximum atomic E-state index is 4.53. The lowest BCUT2D eigenvalue weighted by Gasteiger charge is -2.15. The van der Waals surface area contributed by atoms with Crippen molar-refractivity contribution in [3.05, 3.63) is 50.2 Å². The van der Waals surface area contributed by atoms with Gasteiger partial charge in [-0.25, -0.2) is 4.98 Å². The number of nitrogens with one attached hydrogen (secondary N) is 1. The predicted molar refractivity (Wildman–Crippen MR) is 92.9 cm³/mol. The summed E-state index contributed by atoms with van der Waals surface area (Å²) in [6.07, 6.45) is 4.55. The van der Waals surface area contributed by atoms with E-state index < -0.39 is 0 Å². The van der Waals surface area contributed by atoms with Crippen molar-refractivity contribution in [1.29, 1.82) is 0 Å². The van der Waals surface area contributed by atoms with Crippen LogP contribution in [-0.2, 0) is 0 Å². The first-order valence-electron chi connectivity index (χ1n) is 7.05. The lowest BCUT2D eigenvalue weighted by atomic mass is 10.1. The Morgan fingerprint density at radius 2 is 1.85 bits per heavy atom. The molecule has 20 heavy (non-hydrogen) atoms. The van der Waals surface area contributed by atoms with Crippen molar-refractivity contribution < 1.29 is 0 Å². The van der Waals surface area contributed by atoms with E-state index in [1.54, 1.807) is 0 Å². The minimum atomic E-state index is 0.734. The average molecular weight is 378 g/mol. The second-order valence-corrected chi connectivity index (χ2v) is 6.93. The van der Waals surface area contributed by atoms with Crippen LogP contribution in [0.3, 0.4) is 0 Å². The zero-order valence-corrected chi connectivity index (χ0v) is 14.3. The van der Waals surface area contributed by atoms with Crippen molar-refractivity contribution in [2.45, 2.75) is 39.5 Å². The van der Waals surface area contributed by atoms with Crippen molar-refractivity contribution in [2.24, 2.45) is 0 Å². The lowest BCUT2D eigenvalue weighted by molar-refractivity contribution is 1.11. The molecule has 1 aromatic carbocycles. The van der Waals surface area contributed by atoms with Crippen LogP contribution in [0.15, 0.2) is 24.4 Å². The molecule has 0 spiro atoms. The van der Waals surface area contributed by atoms with Gasteiger partial charge < -0.3 is 5.32 Å². The Morgan fingerprint density at radius 3 is 2.50 bits per heavy atom. The molecule has 0 bridgehead atoms. The van der Waals surface area contributed by atoms with Crippen molar-refractivity contribution in [3.63, 3.8) is 0 Å². The van der Waals surface area contributed by atoms with Crippen LogP contribution in [0.2, 0.25) is 0 Å². The molecule has 0 radical (unpaired) electrons. The molecule has 1 heterocycles. The van der Waals surface area contributed by atoms with E-state index in [0.717, 1.165) is 11.7 Å². The zero-order valence-electron chi connectivity index (χ0n) is 12.1. The number of aryl methyl sites for hydroxylation is 3. The van der Waals surface area contributed by atoms with Gasteiger partial charge in [0.25, 0.3) is 0 Å². The van der Waals surface area contributed by atoms with Crippen LogP contribution >= 0.6 is 22.6 Å². The smallest absolute Gasteiger partial charge is 0.133 e. The summed E-state index contributed by atoms with van der Waals surface area (Å²) in [7, 11) is 0. The monoisotopic (exact) mass is 378 g/mol. The summed E-state index contributed by atoms with van der Waals surface area (Å²) in [4.78, 5) is 4.53. The molecule has 3 heteroatoms. The average Bonchev–Trinajstić information content (AvgIpc) is 3.21. The van der Waals surface area contributed by atoms with Crippen LogP contribution in [0.1, 0.15) is 41.0 Å². The van der Waals surface area contributed by atoms with Crippen LogP contribution in [0, 0.1) is 24.3 Å². The van der Waals surface area contributed by atoms with E-state index in [-0.39, 0.29) is 0 Å². The van der Waals surface area contributed by atoms with E-state index in [2.05, 4.69) is 71.9 Å². The third-order valence-electron chi connectivity index (χ3n) is 3.82. The summed E-state index contributed by atoms with van der Waals surface area (Å²) in [5, 5.41) is 3.54. The van der Waals surface area contributed by atoms with E-state index in [4.69, 9.17) is 0 Å². The topological polar surface area (TPSA) is 24.9 Å². The molecule has 0 amide bonds. The minimum absolute atomic E-state index is 0.734. The second-order valence-electron chi connectivity index (χ2n) is 5.77. The maximum Gasteiger partial charge on any atom is 0.133 e. The Kier molecular flexibility index (Phi) is 3.71. The molecule has 104 valence electrons. The van der Waals surface area contributed by atoms with E-state index in [1.807, 2.05) is 6.20 Å². The fourth-order valence-corrected chi connectivity index (χ4v) is 3.00. The molecule has 1 aliphatic carbocycles. The molecule has 0 unspecified atom stereocenters. The van der Waals surface area contributed by atoms with Crippen LogP contribution in [0.4, 0.5) is 11.5 Å². The Labute approximate surface area is 134 Å². The number of hydrogen-bond acceptors (Lipinski definition) is 2. The van der Waals surface area contributed by atoms with Gasteiger partial charge in [-0.3, -0.25) is 0 Å². The fourth-order valence-electron chi connectivity index (χ4n) is 2.51. The molecule has 1 saturated carbocycles. The van der Waals surface area contributed by atoms with Gasteiger partial charge in [-0.15, -0.1) is 0 Å². The van der Waals surface area contributed by atoms with Gasteiger partial charge >= 0.3 is 0 Å². The first-order chi connectivity index (χ1) is 9.54. The lowest BCUT2D eigenvalue weighted by Crippen LogP contribution is -2.01. The van der Waals surface area contributed by atoms with Gasteiger partial charge in [0.1, 0.15) is 5.82 Å². The summed E-state index contributed by atoms with van der Waals surface area (Å²) in [5.41, 5.74) is 6.39. The molecule has 2 nitrogen and oxygen atoms in total. The number of anilines is 2. The first kappa shape index (κ1) is 13.9. The molecule has 1 N–H and O–H groups in total. The largest absolute Gasteiger partial charge is 0.340 e. The molecule has 1 aliphatic rings. The van der Waals surface area contributed by atoms with E-state index in [0.29, 0.717) is 0 Å². The predicted octanol–water partition coefficient (Wildman–Crippen LogP) is 5.23. The highest BCUT2D eigenvalue weighted by Crippen LogP contribution is 2.45. The normalized spacial score (nSPS) is 14.4. The molecular formula is C17H19IN2. The Hall–Kier alpha value is -1.10. The standard InChI is InChI=1S/C17H19IN2/c1-10-6-12(3)17(19-9-10)20-16-7-11(2)15(18)8-14(16)13-4-5-13/h6-9,13H,4-5H2,1-3H3,(H,19,20). The number of benzene rings is 1. The van der Waals surface area contributed by atoms with Crippen molar-refractivity contribution in [1.82, 2.24) is 4.98 Å². The van der Waals surface area contributed by atoms with Gasteiger partial charge in [0, 0.05) is 15.5 Å². The Bertz CT molecular complexity index is 660. The minimum Gasteiger partial charge on any atom is -0.340 e. The van der Waals surface area contributed by atoms with Crippen molar-refractivity contribution in [2.75, 3.05) is 5.32 Å². The van der Waals surface area contributed by atoms with Crippen molar-refractivity contribution in [3.8, 4) is 0 Å². The third kappa shape index (κ3) is 2.82. The highest BCUT2D eigenvalue weighted by molar-refractivity contribution is 14.1. The summed E-state index contributed by atoms with van der Waals surface area (Å²) in [6, 6.07) is 6.77. The first-order valence-corrected chi connectivity index (χ1v) is 8.13. The van der Waals surface area contributed by atoms with E-state index >= 15 is 0 Å². The van der Waals surface area contributed by atoms with Crippen LogP contribution in [0.25, 0.3) is 0 Å². The number of hydrogen-bond donors (Lipinski definition) is 1. The highest BCUT2D eigenvalue weighted by atomic mass is 127. The van der Waals surface area contributed by atoms with Gasteiger partial charge in [-0.05, 0) is 96.5 Å². The number of rotatable bonds is 3. The SMILES string of the molecule is Cc1cnc(Nc2cc(C)c(I)cc2C2CC2)c(C)c1. The van der Waals surface area contributed by atoms with Gasteiger partial charge in [0.15, 0.2) is 0 Å². The molecule has 3 rings (SSSR count). The van der Waals surface area contributed by atoms with Gasteiger partial charge in [0.2, 0.25) is 0 Å². The van der Waals surface area contributed by atoms with Crippen LogP contribution in [-0.4, -0.2) is 4.98 Å². The molecule has 0 aliphatic heterocycles. The van der Waals surface area contributed by atoms with Crippen LogP contribution in [0.5, 0.6) is 0 Å². The van der Waals surface area contributed by atoms with Crippen LogP contribution < -0.4 is 5.32 Å². The van der Waals surface area contributed by atoms with Crippen molar-refractivity contribution >= 4 is 34.1 Å². The third-order valence-corrected chi connectivity index (χ3v) is 4.98. The maximum absolute atomic E-state index is 4.53. The van der Waals surface area contributed by atoms with Gasteiger partial charge in [-0.2, -0.15) is 0 Å². The Morgan fingerprint density at radius 1 is 1.10 bits per heavy atom. The molecule has 1 fully saturated rings. The summed E-state index contributed by atoms with van der Waals surface area (Å²) in [5.74, 6) is 1.70. The highest BCUT2D eigenvalue weighted by Gasteiger charge is 2.27. The molecule has 0 saturated heterocycles. The van der Waals surface area contributed by atoms with E-state index in [1.165, 1.54) is 44.4 Å². The molecule has 2 aromatic rings. The molecule has 1 aromatic heterocycles. The Balaban J connectivity index is 1.99. The molecular weight excluding hydrogens is 359 g/mol. The summed E-state index contributed by atoms with van der Waals surface area (Å²) >= 11 is 2.43. The second kappa shape index (κ2) is 5.35. The number of nitrogens with zero attached hydrogens (tertiary/aromatic N) is 1. The number of halogens is 1. The quantitative estimate of drug-likeness (QED) is 0.740. The van der Waals surface area contributed by atoms with Gasteiger partial charge in [0.05, 0.1) is 0 Å². The van der Waals surface area contributed by atoms with Gasteiger partial charge in [-0.1, -0.05) is 6.07 Å². The number of pyridine rings is 1. The fraction of sp³-hybridized carbons (Fsp3) is 0.353. The molecule has 0 atom stereocenters. The zero-order chi connectivity index (χ0) is 14.3. The summed E-state index contributed by atoms with van der Waals surface area (Å²) < 4.78 is 1.35. The number of aromatic nitrogens is 1. The van der Waals surface area contributed by atoms with E-state index in [9.17, 15) is 0 Å². The summed E-state index contributed by atoms with van der Waals surface area (Å²) in [6.45, 7) is 6.35.